The number of carbonyl (C=O) groups is 2. The third-order valence-electron chi connectivity index (χ3n) is 2.01. The molecule has 0 aromatic heterocycles. The van der Waals surface area contributed by atoms with Gasteiger partial charge in [0.05, 0.1) is 7.11 Å². The van der Waals surface area contributed by atoms with E-state index < -0.39 is 18.0 Å². The number of nitrogens with one attached hydrogen (secondary N) is 1. The van der Waals surface area contributed by atoms with Crippen molar-refractivity contribution in [1.29, 1.82) is 0 Å². The first-order valence-electron chi connectivity index (χ1n) is 4.87. The molecule has 1 unspecified atom stereocenters. The van der Waals surface area contributed by atoms with Crippen molar-refractivity contribution in [2.75, 3.05) is 7.11 Å². The minimum absolute atomic E-state index is 0.321. The summed E-state index contributed by atoms with van der Waals surface area (Å²) < 4.78 is 4.95. The van der Waals surface area contributed by atoms with Crippen LogP contribution >= 0.6 is 0 Å². The summed E-state index contributed by atoms with van der Waals surface area (Å²) in [7, 11) is 1.49. The molecule has 1 atom stereocenters. The van der Waals surface area contributed by atoms with Crippen molar-refractivity contribution < 1.29 is 24.3 Å². The molecule has 1 aromatic carbocycles. The van der Waals surface area contributed by atoms with E-state index in [4.69, 9.17) is 9.84 Å². The Balaban J connectivity index is 2.60. The van der Waals surface area contributed by atoms with E-state index in [1.807, 2.05) is 0 Å². The van der Waals surface area contributed by atoms with Crippen molar-refractivity contribution in [1.82, 2.24) is 5.48 Å². The summed E-state index contributed by atoms with van der Waals surface area (Å²) in [6.07, 6.45) is -1.11. The van der Waals surface area contributed by atoms with Crippen molar-refractivity contribution in [3.05, 3.63) is 29.8 Å². The molecule has 0 bridgehead atoms. The summed E-state index contributed by atoms with van der Waals surface area (Å²) in [6, 6.07) is 6.42. The first-order chi connectivity index (χ1) is 8.04. The lowest BCUT2D eigenvalue weighted by Gasteiger charge is -2.09. The molecule has 0 aliphatic rings. The van der Waals surface area contributed by atoms with Crippen molar-refractivity contribution in [2.45, 2.75) is 13.0 Å². The minimum atomic E-state index is -1.16. The highest BCUT2D eigenvalue weighted by atomic mass is 16.7. The molecule has 0 saturated carbocycles. The Labute approximate surface area is 98.1 Å². The first-order valence-corrected chi connectivity index (χ1v) is 4.87. The highest BCUT2D eigenvalue weighted by Crippen LogP contribution is 2.12. The minimum Gasteiger partial charge on any atom is -0.497 e. The van der Waals surface area contributed by atoms with E-state index in [0.29, 0.717) is 11.3 Å². The van der Waals surface area contributed by atoms with E-state index in [2.05, 4.69) is 10.3 Å². The fourth-order valence-corrected chi connectivity index (χ4v) is 1.02. The van der Waals surface area contributed by atoms with Crippen molar-refractivity contribution in [2.24, 2.45) is 0 Å². The number of hydroxylamine groups is 1. The van der Waals surface area contributed by atoms with Gasteiger partial charge >= 0.3 is 5.97 Å². The van der Waals surface area contributed by atoms with E-state index in [-0.39, 0.29) is 0 Å². The maximum Gasteiger partial charge on any atom is 0.335 e. The van der Waals surface area contributed by atoms with Gasteiger partial charge in [0.1, 0.15) is 5.75 Å². The molecule has 0 heterocycles. The topological polar surface area (TPSA) is 84.9 Å². The summed E-state index contributed by atoms with van der Waals surface area (Å²) in [5.74, 6) is -1.16. The average molecular weight is 239 g/mol. The quantitative estimate of drug-likeness (QED) is 0.743. The maximum absolute atomic E-state index is 11.6. The molecule has 0 spiro atoms. The second-order valence-corrected chi connectivity index (χ2v) is 3.26. The zero-order chi connectivity index (χ0) is 12.8. The lowest BCUT2D eigenvalue weighted by molar-refractivity contribution is -0.152. The standard InChI is InChI=1S/C11H13NO5/c1-7(11(14)15)17-12-10(13)8-4-3-5-9(6-8)16-2/h3-7H,1-2H3,(H,12,13)(H,14,15). The van der Waals surface area contributed by atoms with Crippen LogP contribution in [0, 0.1) is 0 Å². The van der Waals surface area contributed by atoms with Gasteiger partial charge < -0.3 is 9.84 Å². The SMILES string of the molecule is COc1cccc(C(=O)NOC(C)C(=O)O)c1. The van der Waals surface area contributed by atoms with Gasteiger partial charge in [-0.15, -0.1) is 0 Å². The first kappa shape index (κ1) is 13.0. The molecule has 17 heavy (non-hydrogen) atoms. The molecule has 6 heteroatoms. The number of benzene rings is 1. The number of rotatable bonds is 5. The summed E-state index contributed by atoms with van der Waals surface area (Å²) in [5.41, 5.74) is 2.38. The molecule has 0 radical (unpaired) electrons. The number of methoxy groups -OCH3 is 1. The molecule has 0 saturated heterocycles. The molecule has 6 nitrogen and oxygen atoms in total. The van der Waals surface area contributed by atoms with E-state index in [0.717, 1.165) is 0 Å². The van der Waals surface area contributed by atoms with E-state index >= 15 is 0 Å². The van der Waals surface area contributed by atoms with Gasteiger partial charge in [0, 0.05) is 5.56 Å². The molecular formula is C11H13NO5. The number of hydrogen-bond acceptors (Lipinski definition) is 4. The van der Waals surface area contributed by atoms with Crippen LogP contribution in [0.3, 0.4) is 0 Å². The normalized spacial score (nSPS) is 11.6. The zero-order valence-electron chi connectivity index (χ0n) is 9.47. The molecular weight excluding hydrogens is 226 g/mol. The fraction of sp³-hybridized carbons (Fsp3) is 0.273. The van der Waals surface area contributed by atoms with Gasteiger partial charge in [0.15, 0.2) is 6.10 Å². The Bertz CT molecular complexity index is 418. The Kier molecular flexibility index (Phi) is 4.47. The smallest absolute Gasteiger partial charge is 0.335 e. The van der Waals surface area contributed by atoms with Crippen molar-refractivity contribution >= 4 is 11.9 Å². The van der Waals surface area contributed by atoms with Gasteiger partial charge in [-0.2, -0.15) is 0 Å². The van der Waals surface area contributed by atoms with Crippen LogP contribution in [-0.4, -0.2) is 30.2 Å². The third kappa shape index (κ3) is 3.76. The lowest BCUT2D eigenvalue weighted by Crippen LogP contribution is -2.32. The van der Waals surface area contributed by atoms with Gasteiger partial charge in [-0.1, -0.05) is 6.07 Å². The van der Waals surface area contributed by atoms with Gasteiger partial charge in [0.25, 0.3) is 5.91 Å². The van der Waals surface area contributed by atoms with E-state index in [9.17, 15) is 9.59 Å². The predicted octanol–water partition coefficient (Wildman–Crippen LogP) is 0.830. The molecule has 1 aromatic rings. The molecule has 1 amide bonds. The van der Waals surface area contributed by atoms with Crippen molar-refractivity contribution in [3.63, 3.8) is 0 Å². The van der Waals surface area contributed by atoms with Crippen LogP contribution in [0.1, 0.15) is 17.3 Å². The molecule has 0 aliphatic heterocycles. The molecule has 1 rings (SSSR count). The largest absolute Gasteiger partial charge is 0.497 e. The predicted molar refractivity (Wildman–Crippen MR) is 58.6 cm³/mol. The highest BCUT2D eigenvalue weighted by molar-refractivity contribution is 5.93. The van der Waals surface area contributed by atoms with Crippen LogP contribution in [-0.2, 0) is 9.63 Å². The second kappa shape index (κ2) is 5.86. The Morgan fingerprint density at radius 1 is 1.41 bits per heavy atom. The van der Waals surface area contributed by atoms with Crippen LogP contribution in [0.15, 0.2) is 24.3 Å². The monoisotopic (exact) mass is 239 g/mol. The summed E-state index contributed by atoms with van der Waals surface area (Å²) >= 11 is 0. The molecule has 0 fully saturated rings. The fourth-order valence-electron chi connectivity index (χ4n) is 1.02. The van der Waals surface area contributed by atoms with Crippen molar-refractivity contribution in [3.8, 4) is 5.75 Å². The number of ether oxygens (including phenoxy) is 1. The van der Waals surface area contributed by atoms with Crippen LogP contribution in [0.2, 0.25) is 0 Å². The summed E-state index contributed by atoms with van der Waals surface area (Å²) in [5, 5.41) is 8.55. The number of carbonyl (C=O) groups excluding carboxylic acids is 1. The molecule has 92 valence electrons. The van der Waals surface area contributed by atoms with E-state index in [1.54, 1.807) is 18.2 Å². The van der Waals surface area contributed by atoms with Gasteiger partial charge in [-0.25, -0.2) is 10.3 Å². The Hall–Kier alpha value is -2.08. The van der Waals surface area contributed by atoms with Gasteiger partial charge in [-0.3, -0.25) is 9.63 Å². The van der Waals surface area contributed by atoms with Crippen LogP contribution in [0.25, 0.3) is 0 Å². The molecule has 2 N–H and O–H groups in total. The number of hydrogen-bond donors (Lipinski definition) is 2. The van der Waals surface area contributed by atoms with Crippen LogP contribution < -0.4 is 10.2 Å². The molecule has 0 aliphatic carbocycles. The number of amides is 1. The van der Waals surface area contributed by atoms with Gasteiger partial charge in [0.2, 0.25) is 0 Å². The number of carboxylic acids is 1. The van der Waals surface area contributed by atoms with E-state index in [1.165, 1.54) is 20.1 Å². The lowest BCUT2D eigenvalue weighted by atomic mass is 10.2. The third-order valence-corrected chi connectivity index (χ3v) is 2.01. The average Bonchev–Trinajstić information content (AvgIpc) is 2.35. The maximum atomic E-state index is 11.6. The Morgan fingerprint density at radius 3 is 2.71 bits per heavy atom. The highest BCUT2D eigenvalue weighted by Gasteiger charge is 2.14. The van der Waals surface area contributed by atoms with Gasteiger partial charge in [-0.05, 0) is 25.1 Å². The van der Waals surface area contributed by atoms with Crippen LogP contribution in [0.5, 0.6) is 5.75 Å². The summed E-state index contributed by atoms with van der Waals surface area (Å²) in [6.45, 7) is 1.31. The summed E-state index contributed by atoms with van der Waals surface area (Å²) in [4.78, 5) is 26.7. The number of aliphatic carboxylic acids is 1. The number of carboxylic acid groups (broad SMARTS) is 1. The van der Waals surface area contributed by atoms with Crippen LogP contribution in [0.4, 0.5) is 0 Å². The second-order valence-electron chi connectivity index (χ2n) is 3.26. The zero-order valence-corrected chi connectivity index (χ0v) is 9.47. The Morgan fingerprint density at radius 2 is 2.12 bits per heavy atom.